The molecule has 0 aromatic heterocycles. The monoisotopic (exact) mass is 228 g/mol. The van der Waals surface area contributed by atoms with E-state index in [0.29, 0.717) is 6.54 Å². The highest BCUT2D eigenvalue weighted by Crippen LogP contribution is 2.58. The minimum absolute atomic E-state index is 0.352. The van der Waals surface area contributed by atoms with Gasteiger partial charge in [0.15, 0.2) is 0 Å². The van der Waals surface area contributed by atoms with Crippen LogP contribution in [0.3, 0.4) is 0 Å². The third kappa shape index (κ3) is 1.55. The Morgan fingerprint density at radius 2 is 2.47 bits per heavy atom. The van der Waals surface area contributed by atoms with Crippen molar-refractivity contribution in [3.63, 3.8) is 0 Å². The Hall–Kier alpha value is -1.27. The van der Waals surface area contributed by atoms with Crippen molar-refractivity contribution in [1.29, 1.82) is 0 Å². The second kappa shape index (κ2) is 3.39. The molecule has 2 rings (SSSR count). The summed E-state index contributed by atoms with van der Waals surface area (Å²) in [7, 11) is 0.103. The summed E-state index contributed by atoms with van der Waals surface area (Å²) < 4.78 is 5.40. The highest BCUT2D eigenvalue weighted by Gasteiger charge is 2.32. The summed E-state index contributed by atoms with van der Waals surface area (Å²) in [4.78, 5) is 17.2. The van der Waals surface area contributed by atoms with Crippen molar-refractivity contribution in [3.8, 4) is 0 Å². The van der Waals surface area contributed by atoms with Crippen LogP contribution < -0.4 is 0 Å². The normalized spacial score (nSPS) is 32.8. The summed E-state index contributed by atoms with van der Waals surface area (Å²) in [5, 5.41) is 8.88. The Labute approximate surface area is 89.3 Å². The fourth-order valence-corrected chi connectivity index (χ4v) is 3.04. The molecule has 0 aromatic carbocycles. The smallest absolute Gasteiger partial charge is 0.411 e. The molecule has 0 saturated heterocycles. The summed E-state index contributed by atoms with van der Waals surface area (Å²) in [6.45, 7) is 0.352. The van der Waals surface area contributed by atoms with Gasteiger partial charge in [0.1, 0.15) is 0 Å². The largest absolute Gasteiger partial charge is 0.465 e. The third-order valence-electron chi connectivity index (χ3n) is 2.43. The zero-order chi connectivity index (χ0) is 11.1. The number of aliphatic imine (C=N–C) groups is 1. The zero-order valence-electron chi connectivity index (χ0n) is 8.51. The van der Waals surface area contributed by atoms with Crippen molar-refractivity contribution in [2.45, 2.75) is 0 Å². The first-order chi connectivity index (χ1) is 7.07. The molecule has 15 heavy (non-hydrogen) atoms. The lowest BCUT2D eigenvalue weighted by Gasteiger charge is -2.30. The molecule has 1 amide bonds. The van der Waals surface area contributed by atoms with Crippen molar-refractivity contribution in [2.24, 2.45) is 4.99 Å². The first-order valence-corrected chi connectivity index (χ1v) is 6.40. The predicted octanol–water partition coefficient (Wildman–Crippen LogP) is 1.74. The number of nitrogens with zero attached hydrogens (tertiary/aromatic N) is 2. The highest BCUT2D eigenvalue weighted by molar-refractivity contribution is 8.43. The molecular formula is C9H12N2O3S. The molecule has 0 radical (unpaired) electrons. The van der Waals surface area contributed by atoms with Crippen LogP contribution in [0.1, 0.15) is 0 Å². The van der Waals surface area contributed by atoms with Gasteiger partial charge in [0.05, 0.1) is 16.1 Å². The number of fused-ring (bicyclic) bond motifs is 1. The lowest BCUT2D eigenvalue weighted by Crippen LogP contribution is -2.27. The summed E-state index contributed by atoms with van der Waals surface area (Å²) in [6, 6.07) is 0. The van der Waals surface area contributed by atoms with E-state index in [2.05, 4.69) is 4.99 Å². The van der Waals surface area contributed by atoms with Gasteiger partial charge in [-0.3, -0.25) is 4.90 Å². The summed E-state index contributed by atoms with van der Waals surface area (Å²) in [5.41, 5.74) is 2.61. The van der Waals surface area contributed by atoms with Gasteiger partial charge in [-0.15, -0.1) is 0 Å². The summed E-state index contributed by atoms with van der Waals surface area (Å²) >= 11 is 0. The number of amides is 1. The third-order valence-corrected chi connectivity index (χ3v) is 4.82. The van der Waals surface area contributed by atoms with E-state index in [1.165, 1.54) is 4.90 Å². The van der Waals surface area contributed by atoms with Crippen molar-refractivity contribution in [1.82, 2.24) is 4.90 Å². The molecule has 0 spiro atoms. The molecule has 82 valence electrons. The molecule has 0 aliphatic carbocycles. The SMILES string of the molecule is COS1(C)C=NC2=CCN(C(=O)O)C=C21. The Balaban J connectivity index is 2.36. The first kappa shape index (κ1) is 10.3. The Kier molecular flexibility index (Phi) is 2.32. The fourth-order valence-electron chi connectivity index (χ4n) is 1.45. The van der Waals surface area contributed by atoms with Gasteiger partial charge in [0.2, 0.25) is 0 Å². The van der Waals surface area contributed by atoms with Crippen molar-refractivity contribution in [3.05, 3.63) is 22.9 Å². The van der Waals surface area contributed by atoms with Crippen LogP contribution in [0.5, 0.6) is 0 Å². The standard InChI is InChI=1S/C9H12N2O3S/c1-14-15(2)6-10-7-3-4-11(9(12)13)5-8(7)15/h3,5-6H,4H2,1-2H3,(H,12,13). The minimum Gasteiger partial charge on any atom is -0.465 e. The first-order valence-electron chi connectivity index (χ1n) is 4.37. The van der Waals surface area contributed by atoms with Gasteiger partial charge < -0.3 is 9.29 Å². The second-order valence-corrected chi connectivity index (χ2v) is 6.11. The van der Waals surface area contributed by atoms with E-state index < -0.39 is 16.4 Å². The highest BCUT2D eigenvalue weighted by atomic mass is 32.3. The predicted molar refractivity (Wildman–Crippen MR) is 59.9 cm³/mol. The maximum absolute atomic E-state index is 10.8. The van der Waals surface area contributed by atoms with Gasteiger partial charge >= 0.3 is 6.09 Å². The lowest BCUT2D eigenvalue weighted by molar-refractivity contribution is 0.166. The fraction of sp³-hybridized carbons (Fsp3) is 0.333. The zero-order valence-corrected chi connectivity index (χ0v) is 9.32. The molecule has 1 unspecified atom stereocenters. The van der Waals surface area contributed by atoms with Gasteiger partial charge in [-0.05, 0) is 12.3 Å². The van der Waals surface area contributed by atoms with E-state index in [1.807, 2.05) is 6.26 Å². The van der Waals surface area contributed by atoms with E-state index in [9.17, 15) is 4.79 Å². The van der Waals surface area contributed by atoms with Crippen molar-refractivity contribution < 1.29 is 14.1 Å². The molecule has 0 aromatic rings. The van der Waals surface area contributed by atoms with Gasteiger partial charge in [-0.25, -0.2) is 9.79 Å². The molecule has 1 atom stereocenters. The lowest BCUT2D eigenvalue weighted by atomic mass is 10.3. The molecule has 2 aliphatic rings. The Morgan fingerprint density at radius 3 is 3.07 bits per heavy atom. The number of carbonyl (C=O) groups is 1. The Bertz CT molecular complexity index is 402. The Morgan fingerprint density at radius 1 is 1.73 bits per heavy atom. The number of rotatable bonds is 1. The van der Waals surface area contributed by atoms with Gasteiger partial charge in [0.25, 0.3) is 0 Å². The average molecular weight is 228 g/mol. The van der Waals surface area contributed by atoms with Crippen LogP contribution in [0, 0.1) is 0 Å². The van der Waals surface area contributed by atoms with E-state index in [4.69, 9.17) is 9.29 Å². The topological polar surface area (TPSA) is 62.1 Å². The maximum Gasteiger partial charge on any atom is 0.411 e. The van der Waals surface area contributed by atoms with Crippen LogP contribution in [-0.4, -0.2) is 41.6 Å². The second-order valence-electron chi connectivity index (χ2n) is 3.32. The summed E-state index contributed by atoms with van der Waals surface area (Å²) in [6.07, 6.45) is 4.40. The summed E-state index contributed by atoms with van der Waals surface area (Å²) in [5.74, 6) is 0. The number of hydrogen-bond acceptors (Lipinski definition) is 3. The van der Waals surface area contributed by atoms with Gasteiger partial charge in [-0.1, -0.05) is 10.3 Å². The molecule has 0 saturated carbocycles. The molecule has 0 fully saturated rings. The van der Waals surface area contributed by atoms with Gasteiger partial charge in [0, 0.05) is 19.9 Å². The van der Waals surface area contributed by atoms with Crippen LogP contribution in [0.15, 0.2) is 27.9 Å². The molecule has 0 bridgehead atoms. The van der Waals surface area contributed by atoms with Crippen LogP contribution >= 0.6 is 10.3 Å². The van der Waals surface area contributed by atoms with Crippen molar-refractivity contribution >= 4 is 21.9 Å². The van der Waals surface area contributed by atoms with E-state index in [-0.39, 0.29) is 0 Å². The van der Waals surface area contributed by atoms with Crippen LogP contribution in [-0.2, 0) is 4.18 Å². The average Bonchev–Trinajstić information content (AvgIpc) is 2.57. The van der Waals surface area contributed by atoms with Crippen LogP contribution in [0.4, 0.5) is 4.79 Å². The molecule has 2 aliphatic heterocycles. The molecule has 2 heterocycles. The number of carboxylic acid groups (broad SMARTS) is 1. The van der Waals surface area contributed by atoms with Crippen LogP contribution in [0.2, 0.25) is 0 Å². The van der Waals surface area contributed by atoms with E-state index in [1.54, 1.807) is 24.9 Å². The maximum atomic E-state index is 10.8. The molecule has 1 N–H and O–H groups in total. The molecular weight excluding hydrogens is 216 g/mol. The van der Waals surface area contributed by atoms with E-state index >= 15 is 0 Å². The minimum atomic E-state index is -1.51. The molecule has 6 heteroatoms. The quantitative estimate of drug-likeness (QED) is 0.743. The van der Waals surface area contributed by atoms with Gasteiger partial charge in [-0.2, -0.15) is 0 Å². The molecule has 5 nitrogen and oxygen atoms in total. The number of hydrogen-bond donors (Lipinski definition) is 1. The van der Waals surface area contributed by atoms with E-state index in [0.717, 1.165) is 10.6 Å². The van der Waals surface area contributed by atoms with Crippen molar-refractivity contribution in [2.75, 3.05) is 19.9 Å². The van der Waals surface area contributed by atoms with Crippen LogP contribution in [0.25, 0.3) is 0 Å².